The Kier molecular flexibility index (Phi) is 6.50. The second-order valence-corrected chi connectivity index (χ2v) is 9.17. The summed E-state index contributed by atoms with van der Waals surface area (Å²) >= 11 is 0. The van der Waals surface area contributed by atoms with Crippen molar-refractivity contribution >= 4 is 23.0 Å². The Hall–Kier alpha value is -2.42. The molecule has 0 atom stereocenters. The lowest BCUT2D eigenvalue weighted by Crippen LogP contribution is -3.14. The fourth-order valence-corrected chi connectivity index (χ4v) is 4.22. The fourth-order valence-electron chi connectivity index (χ4n) is 4.22. The van der Waals surface area contributed by atoms with Crippen LogP contribution in [0.5, 0.6) is 0 Å². The van der Waals surface area contributed by atoms with Crippen molar-refractivity contribution in [2.24, 2.45) is 5.41 Å². The molecule has 2 aliphatic heterocycles. The van der Waals surface area contributed by atoms with Gasteiger partial charge in [-0.3, -0.25) is 14.9 Å². The number of hydrogen-bond donors (Lipinski definition) is 1. The molecule has 1 amide bonds. The Labute approximate surface area is 177 Å². The summed E-state index contributed by atoms with van der Waals surface area (Å²) in [4.78, 5) is 30.8. The van der Waals surface area contributed by atoms with Gasteiger partial charge < -0.3 is 19.6 Å². The molecule has 0 spiro atoms. The SMILES string of the molecule is CC[NH+]1CCN(c2cc(N3CCN(C(=O)C(C)(C)C)CC3)c([N+](=O)[O-])cc2F)CC1. The van der Waals surface area contributed by atoms with Gasteiger partial charge in [0.05, 0.1) is 49.4 Å². The van der Waals surface area contributed by atoms with Gasteiger partial charge in [-0.1, -0.05) is 20.8 Å². The highest BCUT2D eigenvalue weighted by molar-refractivity contribution is 5.82. The topological polar surface area (TPSA) is 74.4 Å². The van der Waals surface area contributed by atoms with Crippen molar-refractivity contribution in [2.75, 3.05) is 68.7 Å². The fraction of sp³-hybridized carbons (Fsp3) is 0.667. The van der Waals surface area contributed by atoms with E-state index in [2.05, 4.69) is 6.92 Å². The van der Waals surface area contributed by atoms with E-state index in [0.29, 0.717) is 37.6 Å². The predicted molar refractivity (Wildman–Crippen MR) is 115 cm³/mol. The molecule has 0 aliphatic carbocycles. The Bertz CT molecular complexity index is 795. The van der Waals surface area contributed by atoms with Gasteiger partial charge in [-0.25, -0.2) is 4.39 Å². The largest absolute Gasteiger partial charge is 0.362 e. The average Bonchev–Trinajstić information content (AvgIpc) is 2.72. The van der Waals surface area contributed by atoms with E-state index >= 15 is 0 Å². The summed E-state index contributed by atoms with van der Waals surface area (Å²) in [6.45, 7) is 14.1. The normalized spacial score (nSPS) is 18.6. The van der Waals surface area contributed by atoms with Crippen LogP contribution in [0.4, 0.5) is 21.5 Å². The lowest BCUT2D eigenvalue weighted by molar-refractivity contribution is -0.898. The molecule has 0 unspecified atom stereocenters. The molecular formula is C21H33FN5O3+. The lowest BCUT2D eigenvalue weighted by atomic mass is 9.94. The van der Waals surface area contributed by atoms with Crippen LogP contribution in [0.3, 0.4) is 0 Å². The molecule has 0 saturated carbocycles. The third kappa shape index (κ3) is 4.66. The van der Waals surface area contributed by atoms with Gasteiger partial charge in [-0.2, -0.15) is 0 Å². The molecule has 166 valence electrons. The van der Waals surface area contributed by atoms with Crippen molar-refractivity contribution < 1.29 is 19.0 Å². The van der Waals surface area contributed by atoms with Crippen molar-refractivity contribution in [3.8, 4) is 0 Å². The van der Waals surface area contributed by atoms with Crippen LogP contribution >= 0.6 is 0 Å². The van der Waals surface area contributed by atoms with Crippen molar-refractivity contribution in [1.82, 2.24) is 4.90 Å². The van der Waals surface area contributed by atoms with Crippen LogP contribution in [-0.2, 0) is 4.79 Å². The molecule has 8 nitrogen and oxygen atoms in total. The summed E-state index contributed by atoms with van der Waals surface area (Å²) in [5, 5.41) is 11.6. The number of nitro groups is 1. The van der Waals surface area contributed by atoms with Gasteiger partial charge in [-0.05, 0) is 13.0 Å². The number of benzene rings is 1. The zero-order valence-electron chi connectivity index (χ0n) is 18.4. The van der Waals surface area contributed by atoms with Crippen LogP contribution in [-0.4, -0.2) is 74.6 Å². The van der Waals surface area contributed by atoms with Crippen molar-refractivity contribution in [3.63, 3.8) is 0 Å². The van der Waals surface area contributed by atoms with E-state index in [9.17, 15) is 19.3 Å². The highest BCUT2D eigenvalue weighted by Gasteiger charge is 2.32. The first-order chi connectivity index (χ1) is 14.1. The first kappa shape index (κ1) is 22.3. The van der Waals surface area contributed by atoms with Crippen LogP contribution in [0, 0.1) is 21.3 Å². The number of hydrogen-bond acceptors (Lipinski definition) is 5. The number of likely N-dealkylation sites (N-methyl/N-ethyl adjacent to an activating group) is 1. The molecule has 1 N–H and O–H groups in total. The van der Waals surface area contributed by atoms with E-state index in [4.69, 9.17) is 0 Å². The maximum absolute atomic E-state index is 14.8. The second-order valence-electron chi connectivity index (χ2n) is 9.17. The number of rotatable bonds is 4. The van der Waals surface area contributed by atoms with Crippen LogP contribution < -0.4 is 14.7 Å². The van der Waals surface area contributed by atoms with E-state index < -0.39 is 16.2 Å². The van der Waals surface area contributed by atoms with E-state index in [1.54, 1.807) is 11.0 Å². The maximum atomic E-state index is 14.8. The minimum absolute atomic E-state index is 0.0766. The molecular weight excluding hydrogens is 389 g/mol. The summed E-state index contributed by atoms with van der Waals surface area (Å²) in [6.07, 6.45) is 0. The quantitative estimate of drug-likeness (QED) is 0.582. The number of carbonyl (C=O) groups excluding carboxylic acids is 1. The molecule has 2 heterocycles. The van der Waals surface area contributed by atoms with E-state index in [1.165, 1.54) is 4.90 Å². The van der Waals surface area contributed by atoms with E-state index in [1.807, 2.05) is 30.6 Å². The van der Waals surface area contributed by atoms with Crippen LogP contribution in [0.1, 0.15) is 27.7 Å². The molecule has 0 aromatic heterocycles. The molecule has 2 fully saturated rings. The van der Waals surface area contributed by atoms with Gasteiger partial charge >= 0.3 is 0 Å². The zero-order chi connectivity index (χ0) is 22.1. The van der Waals surface area contributed by atoms with E-state index in [-0.39, 0.29) is 11.6 Å². The number of anilines is 2. The summed E-state index contributed by atoms with van der Waals surface area (Å²) in [5.74, 6) is -0.473. The molecule has 0 bridgehead atoms. The zero-order valence-corrected chi connectivity index (χ0v) is 18.4. The lowest BCUT2D eigenvalue weighted by Gasteiger charge is -2.39. The molecule has 1 aromatic carbocycles. The maximum Gasteiger partial charge on any atom is 0.295 e. The van der Waals surface area contributed by atoms with Crippen LogP contribution in [0.2, 0.25) is 0 Å². The molecule has 30 heavy (non-hydrogen) atoms. The third-order valence-electron chi connectivity index (χ3n) is 6.10. The van der Waals surface area contributed by atoms with Gasteiger partial charge in [0.1, 0.15) is 5.69 Å². The van der Waals surface area contributed by atoms with Crippen LogP contribution in [0.15, 0.2) is 12.1 Å². The van der Waals surface area contributed by atoms with Gasteiger partial charge in [-0.15, -0.1) is 0 Å². The highest BCUT2D eigenvalue weighted by Crippen LogP contribution is 2.36. The van der Waals surface area contributed by atoms with Gasteiger partial charge in [0.2, 0.25) is 5.91 Å². The Morgan fingerprint density at radius 2 is 1.63 bits per heavy atom. The van der Waals surface area contributed by atoms with Crippen molar-refractivity contribution in [2.45, 2.75) is 27.7 Å². The number of nitrogens with one attached hydrogen (secondary N) is 1. The monoisotopic (exact) mass is 422 g/mol. The molecule has 2 saturated heterocycles. The van der Waals surface area contributed by atoms with Gasteiger partial charge in [0.25, 0.3) is 5.69 Å². The van der Waals surface area contributed by atoms with Crippen molar-refractivity contribution in [1.29, 1.82) is 0 Å². The van der Waals surface area contributed by atoms with Crippen LogP contribution in [0.25, 0.3) is 0 Å². The number of carbonyl (C=O) groups is 1. The first-order valence-corrected chi connectivity index (χ1v) is 10.7. The second kappa shape index (κ2) is 8.75. The standard InChI is InChI=1S/C21H32FN5O3/c1-5-23-6-8-24(9-7-23)17-15-18(19(27(29)30)14-16(17)22)25-10-12-26(13-11-25)20(28)21(2,3)4/h14-15H,5-13H2,1-4H3/p+1. The molecule has 3 rings (SSSR count). The molecule has 2 aliphatic rings. The Morgan fingerprint density at radius 3 is 2.13 bits per heavy atom. The number of nitro benzene ring substituents is 1. The number of amides is 1. The Balaban J connectivity index is 1.82. The van der Waals surface area contributed by atoms with Gasteiger partial charge in [0.15, 0.2) is 5.82 Å². The van der Waals surface area contributed by atoms with Crippen molar-refractivity contribution in [3.05, 3.63) is 28.1 Å². The molecule has 9 heteroatoms. The minimum atomic E-state index is -0.549. The number of quaternary nitrogens is 1. The number of nitrogens with zero attached hydrogens (tertiary/aromatic N) is 4. The molecule has 1 aromatic rings. The highest BCUT2D eigenvalue weighted by atomic mass is 19.1. The predicted octanol–water partition coefficient (Wildman–Crippen LogP) is 1.15. The number of halogens is 1. The number of piperazine rings is 2. The Morgan fingerprint density at radius 1 is 1.07 bits per heavy atom. The summed E-state index contributed by atoms with van der Waals surface area (Å²) in [7, 11) is 0. The average molecular weight is 423 g/mol. The summed E-state index contributed by atoms with van der Waals surface area (Å²) in [6, 6.07) is 2.68. The minimum Gasteiger partial charge on any atom is -0.362 e. The smallest absolute Gasteiger partial charge is 0.295 e. The first-order valence-electron chi connectivity index (χ1n) is 10.7. The summed E-state index contributed by atoms with van der Waals surface area (Å²) in [5.41, 5.74) is 0.188. The molecule has 0 radical (unpaired) electrons. The van der Waals surface area contributed by atoms with E-state index in [0.717, 1.165) is 38.8 Å². The third-order valence-corrected chi connectivity index (χ3v) is 6.10. The summed E-state index contributed by atoms with van der Waals surface area (Å²) < 4.78 is 14.8. The van der Waals surface area contributed by atoms with Gasteiger partial charge in [0, 0.05) is 31.6 Å².